The number of fused-ring (bicyclic) bond motifs is 11. The zero-order chi connectivity index (χ0) is 58.8. The van der Waals surface area contributed by atoms with E-state index in [1.165, 1.54) is 12.1 Å². The average Bonchev–Trinajstić information content (AvgIpc) is 1.53. The van der Waals surface area contributed by atoms with E-state index in [4.69, 9.17) is 38.4 Å². The quantitative estimate of drug-likeness (QED) is 0.0562. The monoisotopic (exact) mass is 1220 g/mol. The molecule has 6 heterocycles. The number of thiophene rings is 4. The number of aliphatic imine (C=N–C) groups is 2. The van der Waals surface area contributed by atoms with Crippen LogP contribution in [0, 0.1) is 23.7 Å². The highest BCUT2D eigenvalue weighted by molar-refractivity contribution is 7.35. The molecule has 0 spiro atoms. The molecule has 86 heavy (non-hydrogen) atoms. The number of ether oxygens (including phenoxy) is 6. The summed E-state index contributed by atoms with van der Waals surface area (Å²) in [6, 6.07) is 38.3. The fraction of sp³-hybridized carbons (Fsp3) is 0.273. The van der Waals surface area contributed by atoms with Crippen molar-refractivity contribution >= 4 is 123 Å². The predicted molar refractivity (Wildman–Crippen MR) is 321 cm³/mol. The molecule has 2 aliphatic heterocycles. The van der Waals surface area contributed by atoms with Crippen LogP contribution in [-0.4, -0.2) is 58.4 Å². The first-order valence-electron chi connectivity index (χ1n) is 28.4. The van der Waals surface area contributed by atoms with Crippen molar-refractivity contribution in [3.63, 3.8) is 0 Å². The van der Waals surface area contributed by atoms with Gasteiger partial charge in [-0.25, -0.2) is 29.2 Å². The number of benzene rings is 4. The predicted octanol–water partition coefficient (Wildman–Crippen LogP) is 12.6. The van der Waals surface area contributed by atoms with Crippen molar-refractivity contribution in [1.82, 2.24) is 0 Å². The molecular weight excluding hydrogens is 1170 g/mol. The van der Waals surface area contributed by atoms with Crippen molar-refractivity contribution in [2.75, 3.05) is 0 Å². The minimum Gasteiger partial charge on any atom is -0.458 e. The van der Waals surface area contributed by atoms with Crippen LogP contribution in [0.1, 0.15) is 84.7 Å². The summed E-state index contributed by atoms with van der Waals surface area (Å²) in [5.74, 6) is -7.98. The van der Waals surface area contributed by atoms with Crippen molar-refractivity contribution in [3.8, 4) is 31.0 Å². The maximum atomic E-state index is 15.7. The third-order valence-corrected chi connectivity index (χ3v) is 21.7. The first kappa shape index (κ1) is 55.3. The zero-order valence-electron chi connectivity index (χ0n) is 45.7. The summed E-state index contributed by atoms with van der Waals surface area (Å²) in [7, 11) is 0. The van der Waals surface area contributed by atoms with E-state index in [1.54, 1.807) is 121 Å². The van der Waals surface area contributed by atoms with Crippen LogP contribution in [0.3, 0.4) is 0 Å². The van der Waals surface area contributed by atoms with Crippen molar-refractivity contribution in [2.45, 2.75) is 89.0 Å². The summed E-state index contributed by atoms with van der Waals surface area (Å²) in [6.45, 7) is -1.24. The molecule has 0 N–H and O–H groups in total. The minimum atomic E-state index is -2.79. The molecule has 4 aromatic heterocycles. The molecule has 0 saturated heterocycles. The molecular formula is C66H50N2O14S4. The lowest BCUT2D eigenvalue weighted by molar-refractivity contribution is -0.184. The van der Waals surface area contributed by atoms with Crippen molar-refractivity contribution < 1.29 is 66.8 Å². The highest BCUT2D eigenvalue weighted by Crippen LogP contribution is 2.65. The molecule has 0 amide bonds. The normalized spacial score (nSPS) is 20.3. The lowest BCUT2D eigenvalue weighted by Gasteiger charge is -2.33. The van der Waals surface area contributed by atoms with E-state index in [2.05, 4.69) is 0 Å². The summed E-state index contributed by atoms with van der Waals surface area (Å²) >= 11 is 4.15. The van der Waals surface area contributed by atoms with Gasteiger partial charge in [0.1, 0.15) is 47.9 Å². The molecule has 16 nitrogen and oxygen atoms in total. The molecule has 4 aliphatic carbocycles. The number of nitrogens with zero attached hydrogens (tertiary/aromatic N) is 2. The van der Waals surface area contributed by atoms with Gasteiger partial charge in [0.05, 0.1) is 40.0 Å². The summed E-state index contributed by atoms with van der Waals surface area (Å²) in [6.07, 6.45) is 5.55. The number of esters is 4. The average molecular weight is 1220 g/mol. The second-order valence-electron chi connectivity index (χ2n) is 22.0. The molecule has 0 radical (unpaired) electrons. The molecule has 4 saturated carbocycles. The van der Waals surface area contributed by atoms with Crippen LogP contribution >= 0.6 is 45.3 Å². The molecule has 4 unspecified atom stereocenters. The number of hydrogen-bond donors (Lipinski definition) is 0. The SMILES string of the molecule is O=C1C(=Nc2cc3c(s2)-c2sc4c5c(sc4c2C(C(=O)OCc2ccccc2)(C(=O)OCc2ccccc2)O3)-c2sc(N=C3C(=O)C4CCCCC4C3=O)cc2OC5(C(=O)OCc2ccccc2)C(=O)OCc2ccccc2)C(=O)C2CCCCC12. The Morgan fingerprint density at radius 2 is 0.686 bits per heavy atom. The number of hydrogen-bond acceptors (Lipinski definition) is 20. The van der Waals surface area contributed by atoms with Gasteiger partial charge in [-0.3, -0.25) is 19.2 Å². The van der Waals surface area contributed by atoms with Crippen LogP contribution in [0.25, 0.3) is 28.9 Å². The summed E-state index contributed by atoms with van der Waals surface area (Å²) in [4.78, 5) is 129. The number of rotatable bonds is 14. The maximum absolute atomic E-state index is 15.7. The van der Waals surface area contributed by atoms with E-state index in [1.807, 2.05) is 0 Å². The van der Waals surface area contributed by atoms with Crippen LogP contribution < -0.4 is 9.47 Å². The Morgan fingerprint density at radius 3 is 0.965 bits per heavy atom. The fourth-order valence-corrected chi connectivity index (χ4v) is 17.8. The third-order valence-electron chi connectivity index (χ3n) is 16.8. The third kappa shape index (κ3) is 9.35. The summed E-state index contributed by atoms with van der Waals surface area (Å²) in [5, 5.41) is 0.340. The van der Waals surface area contributed by atoms with E-state index in [9.17, 15) is 19.2 Å². The van der Waals surface area contributed by atoms with E-state index >= 15 is 19.2 Å². The standard InChI is InChI=1S/C66H50N2O14S4/c69-51-39-25-13-14-26-40(39)52(70)49(51)67-45-29-43-55(83-45)57-47(65(81-43,61(73)77-31-35-17-5-1-6-18-35)62(74)78-32-36-19-7-2-8-20-36)59-60(85-57)48-58(86-59)56-44(30-46(84-56)68-50-53(71)41-27-15-16-28-42(41)54(50)72)82-66(48,63(75)79-33-37-21-9-3-10-22-37)64(76)80-34-38-23-11-4-12-24-38/h1-12,17-24,29-30,39-42H,13-16,25-28,31-34H2. The number of carbonyl (C=O) groups excluding carboxylic acids is 8. The molecule has 20 heteroatoms. The Morgan fingerprint density at radius 1 is 0.407 bits per heavy atom. The van der Waals surface area contributed by atoms with Crippen LogP contribution in [0.15, 0.2) is 143 Å². The zero-order valence-corrected chi connectivity index (χ0v) is 49.0. The highest BCUT2D eigenvalue weighted by Gasteiger charge is 2.64. The van der Waals surface area contributed by atoms with Crippen LogP contribution in [0.2, 0.25) is 0 Å². The molecule has 4 atom stereocenters. The lowest BCUT2D eigenvalue weighted by Crippen LogP contribution is -2.52. The molecule has 6 aliphatic rings. The second-order valence-corrected chi connectivity index (χ2v) is 26.1. The summed E-state index contributed by atoms with van der Waals surface area (Å²) in [5.41, 5.74) is -3.71. The van der Waals surface area contributed by atoms with E-state index in [0.29, 0.717) is 57.7 Å². The Bertz CT molecular complexity index is 3750. The van der Waals surface area contributed by atoms with Gasteiger partial charge in [0, 0.05) is 35.8 Å². The summed E-state index contributed by atoms with van der Waals surface area (Å²) < 4.78 is 38.8. The number of ketones is 4. The van der Waals surface area contributed by atoms with Crippen LogP contribution in [0.4, 0.5) is 10.0 Å². The topological polar surface area (TPSA) is 217 Å². The highest BCUT2D eigenvalue weighted by atomic mass is 32.1. The lowest BCUT2D eigenvalue weighted by atomic mass is 9.81. The van der Waals surface area contributed by atoms with Gasteiger partial charge in [-0.05, 0) is 47.9 Å². The molecule has 0 bridgehead atoms. The van der Waals surface area contributed by atoms with E-state index in [0.717, 1.165) is 71.0 Å². The largest absolute Gasteiger partial charge is 0.458 e. The number of Topliss-reactive ketones (excluding diaryl/α,β-unsaturated/α-hetero) is 4. The van der Waals surface area contributed by atoms with Gasteiger partial charge >= 0.3 is 35.1 Å². The molecule has 4 aromatic carbocycles. The van der Waals surface area contributed by atoms with Gasteiger partial charge in [0.15, 0.2) is 34.6 Å². The second kappa shape index (κ2) is 22.4. The van der Waals surface area contributed by atoms with Crippen molar-refractivity contribution in [1.29, 1.82) is 0 Å². The Kier molecular flexibility index (Phi) is 14.4. The van der Waals surface area contributed by atoms with Gasteiger partial charge in [-0.2, -0.15) is 0 Å². The molecule has 432 valence electrons. The van der Waals surface area contributed by atoms with Gasteiger partial charge in [0.25, 0.3) is 0 Å². The van der Waals surface area contributed by atoms with Gasteiger partial charge in [-0.1, -0.05) is 147 Å². The number of carbonyl (C=O) groups is 8. The first-order valence-corrected chi connectivity index (χ1v) is 31.6. The van der Waals surface area contributed by atoms with Crippen LogP contribution in [-0.2, 0) is 94.9 Å². The molecule has 14 rings (SSSR count). The fourth-order valence-electron chi connectivity index (χ4n) is 12.6. The Labute approximate surface area is 507 Å². The Balaban J connectivity index is 1.00. The minimum absolute atomic E-state index is 0.0274. The van der Waals surface area contributed by atoms with E-state index in [-0.39, 0.29) is 113 Å². The van der Waals surface area contributed by atoms with E-state index < -0.39 is 58.8 Å². The van der Waals surface area contributed by atoms with Gasteiger partial charge in [-0.15, -0.1) is 45.3 Å². The molecule has 4 fully saturated rings. The maximum Gasteiger partial charge on any atom is 0.367 e. The van der Waals surface area contributed by atoms with Gasteiger partial charge < -0.3 is 28.4 Å². The first-order chi connectivity index (χ1) is 41.9. The van der Waals surface area contributed by atoms with Gasteiger partial charge in [0.2, 0.25) is 0 Å². The van der Waals surface area contributed by atoms with Crippen molar-refractivity contribution in [3.05, 3.63) is 167 Å². The van der Waals surface area contributed by atoms with Crippen molar-refractivity contribution in [2.24, 2.45) is 33.7 Å². The van der Waals surface area contributed by atoms with Crippen LogP contribution in [0.5, 0.6) is 11.5 Å². The smallest absolute Gasteiger partial charge is 0.367 e. The Hall–Kier alpha value is -8.56. The molecule has 8 aromatic rings.